The molecule has 0 saturated carbocycles. The molecular formula is C18H15ClO5. The highest BCUT2D eigenvalue weighted by Crippen LogP contribution is 2.38. The van der Waals surface area contributed by atoms with Gasteiger partial charge < -0.3 is 14.9 Å². The van der Waals surface area contributed by atoms with Crippen LogP contribution in [-0.4, -0.2) is 28.1 Å². The summed E-state index contributed by atoms with van der Waals surface area (Å²) < 4.78 is 5.37. The predicted octanol–water partition coefficient (Wildman–Crippen LogP) is 3.28. The first-order chi connectivity index (χ1) is 11.4. The number of Topliss-reactive ketones (excluding diaryl/α,β-unsaturated/α-hetero) is 1. The molecule has 0 aliphatic carbocycles. The normalized spacial score (nSPS) is 17.7. The first-order valence-corrected chi connectivity index (χ1v) is 7.81. The lowest BCUT2D eigenvalue weighted by molar-refractivity contribution is 0.0337. The molecule has 2 N–H and O–H groups in total. The summed E-state index contributed by atoms with van der Waals surface area (Å²) in [5.41, 5.74) is 1.16. The second-order valence-corrected chi connectivity index (χ2v) is 6.14. The van der Waals surface area contributed by atoms with E-state index in [1.54, 1.807) is 19.1 Å². The Balaban J connectivity index is 2.21. The standard InChI is InChI=1S/C18H15ClO5/c1-9-6-10-4-2-3-5-11(10)13(20)7-12-16(18(23)24-9)14(21)8-15(22)17(12)19/h2-5,8-9,21-22H,6-7H2,1H3/t9-/m1/s1. The van der Waals surface area contributed by atoms with E-state index in [4.69, 9.17) is 16.3 Å². The van der Waals surface area contributed by atoms with Gasteiger partial charge in [0.15, 0.2) is 5.78 Å². The third-order valence-corrected chi connectivity index (χ3v) is 4.42. The number of benzene rings is 2. The average Bonchev–Trinajstić information content (AvgIpc) is 2.51. The molecular weight excluding hydrogens is 332 g/mol. The molecule has 3 rings (SSSR count). The molecule has 0 spiro atoms. The van der Waals surface area contributed by atoms with E-state index < -0.39 is 23.6 Å². The Morgan fingerprint density at radius 2 is 1.88 bits per heavy atom. The van der Waals surface area contributed by atoms with Crippen molar-refractivity contribution < 1.29 is 24.5 Å². The molecule has 0 unspecified atom stereocenters. The van der Waals surface area contributed by atoms with Crippen molar-refractivity contribution in [2.24, 2.45) is 0 Å². The number of ketones is 1. The predicted molar refractivity (Wildman–Crippen MR) is 87.8 cm³/mol. The average molecular weight is 347 g/mol. The molecule has 0 saturated heterocycles. The smallest absolute Gasteiger partial charge is 0.342 e. The summed E-state index contributed by atoms with van der Waals surface area (Å²) in [5.74, 6) is -1.89. The van der Waals surface area contributed by atoms with Gasteiger partial charge in [-0.3, -0.25) is 4.79 Å². The van der Waals surface area contributed by atoms with Gasteiger partial charge in [0.2, 0.25) is 0 Å². The number of ether oxygens (including phenoxy) is 1. The summed E-state index contributed by atoms with van der Waals surface area (Å²) >= 11 is 6.08. The van der Waals surface area contributed by atoms with Crippen LogP contribution in [0.2, 0.25) is 5.02 Å². The highest BCUT2D eigenvalue weighted by Gasteiger charge is 2.28. The third-order valence-electron chi connectivity index (χ3n) is 4.00. The van der Waals surface area contributed by atoms with E-state index in [1.165, 1.54) is 0 Å². The molecule has 1 heterocycles. The molecule has 0 bridgehead atoms. The summed E-state index contributed by atoms with van der Waals surface area (Å²) in [6.45, 7) is 1.71. The van der Waals surface area contributed by atoms with E-state index in [2.05, 4.69) is 0 Å². The molecule has 1 atom stereocenters. The number of hydrogen-bond donors (Lipinski definition) is 2. The minimum atomic E-state index is -0.774. The van der Waals surface area contributed by atoms with E-state index in [-0.39, 0.29) is 28.4 Å². The minimum absolute atomic E-state index is 0.0630. The third kappa shape index (κ3) is 2.83. The first kappa shape index (κ1) is 16.3. The van der Waals surface area contributed by atoms with Crippen molar-refractivity contribution in [2.75, 3.05) is 0 Å². The van der Waals surface area contributed by atoms with Crippen LogP contribution in [0.25, 0.3) is 0 Å². The van der Waals surface area contributed by atoms with Gasteiger partial charge in [-0.1, -0.05) is 35.9 Å². The highest BCUT2D eigenvalue weighted by molar-refractivity contribution is 6.33. The van der Waals surface area contributed by atoms with E-state index in [1.807, 2.05) is 12.1 Å². The first-order valence-electron chi connectivity index (χ1n) is 7.44. The van der Waals surface area contributed by atoms with Crippen LogP contribution >= 0.6 is 11.6 Å². The van der Waals surface area contributed by atoms with E-state index in [0.29, 0.717) is 12.0 Å². The number of hydrogen-bond acceptors (Lipinski definition) is 5. The van der Waals surface area contributed by atoms with Crippen LogP contribution in [-0.2, 0) is 17.6 Å². The highest BCUT2D eigenvalue weighted by atomic mass is 35.5. The number of carbonyl (C=O) groups excluding carboxylic acids is 2. The van der Waals surface area contributed by atoms with Crippen molar-refractivity contribution in [3.63, 3.8) is 0 Å². The van der Waals surface area contributed by atoms with Crippen molar-refractivity contribution in [1.82, 2.24) is 0 Å². The number of fused-ring (bicyclic) bond motifs is 2. The monoisotopic (exact) mass is 346 g/mol. The second-order valence-electron chi connectivity index (χ2n) is 5.76. The van der Waals surface area contributed by atoms with Crippen molar-refractivity contribution >= 4 is 23.4 Å². The van der Waals surface area contributed by atoms with Crippen LogP contribution in [0.3, 0.4) is 0 Å². The lowest BCUT2D eigenvalue weighted by Crippen LogP contribution is -2.23. The van der Waals surface area contributed by atoms with Crippen molar-refractivity contribution in [2.45, 2.75) is 25.9 Å². The van der Waals surface area contributed by atoms with Gasteiger partial charge in [-0.05, 0) is 12.5 Å². The minimum Gasteiger partial charge on any atom is -0.507 e. The maximum atomic E-state index is 12.7. The van der Waals surface area contributed by atoms with Crippen LogP contribution in [0.5, 0.6) is 11.5 Å². The van der Waals surface area contributed by atoms with Crippen LogP contribution in [0.15, 0.2) is 30.3 Å². The molecule has 0 amide bonds. The zero-order valence-electron chi connectivity index (χ0n) is 12.9. The van der Waals surface area contributed by atoms with Crippen molar-refractivity contribution in [3.05, 3.63) is 57.6 Å². The fourth-order valence-corrected chi connectivity index (χ4v) is 3.11. The van der Waals surface area contributed by atoms with Gasteiger partial charge in [0.25, 0.3) is 0 Å². The Hall–Kier alpha value is -2.53. The molecule has 24 heavy (non-hydrogen) atoms. The Bertz CT molecular complexity index is 844. The topological polar surface area (TPSA) is 83.8 Å². The van der Waals surface area contributed by atoms with Gasteiger partial charge >= 0.3 is 5.97 Å². The fourth-order valence-electron chi connectivity index (χ4n) is 2.90. The number of halogens is 1. The number of aromatic hydroxyl groups is 2. The number of esters is 1. The SMILES string of the molecule is C[C@@H]1Cc2ccccc2C(=O)Cc2c(Cl)c(O)cc(O)c2C(=O)O1. The Labute approximate surface area is 143 Å². The molecule has 6 heteroatoms. The molecule has 2 aromatic rings. The quantitative estimate of drug-likeness (QED) is 0.715. The zero-order chi connectivity index (χ0) is 17.4. The summed E-state index contributed by atoms with van der Waals surface area (Å²) in [4.78, 5) is 25.1. The number of cyclic esters (lactones) is 1. The Morgan fingerprint density at radius 3 is 2.62 bits per heavy atom. The fraction of sp³-hybridized carbons (Fsp3) is 0.222. The van der Waals surface area contributed by atoms with Crippen LogP contribution in [0.1, 0.15) is 38.8 Å². The number of phenols is 2. The zero-order valence-corrected chi connectivity index (χ0v) is 13.6. The van der Waals surface area contributed by atoms with Gasteiger partial charge in [0.1, 0.15) is 23.2 Å². The van der Waals surface area contributed by atoms with E-state index in [9.17, 15) is 19.8 Å². The lowest BCUT2D eigenvalue weighted by Gasteiger charge is -2.20. The van der Waals surface area contributed by atoms with Gasteiger partial charge in [0, 0.05) is 30.0 Å². The lowest BCUT2D eigenvalue weighted by atomic mass is 9.92. The number of rotatable bonds is 0. The van der Waals surface area contributed by atoms with Gasteiger partial charge in [-0.15, -0.1) is 0 Å². The molecule has 0 aromatic heterocycles. The van der Waals surface area contributed by atoms with Crippen molar-refractivity contribution in [3.8, 4) is 11.5 Å². The molecule has 1 aliphatic heterocycles. The Morgan fingerprint density at radius 1 is 1.17 bits per heavy atom. The second kappa shape index (κ2) is 6.17. The van der Waals surface area contributed by atoms with Crippen molar-refractivity contribution in [1.29, 1.82) is 0 Å². The molecule has 5 nitrogen and oxygen atoms in total. The number of carbonyl (C=O) groups is 2. The van der Waals surface area contributed by atoms with E-state index in [0.717, 1.165) is 11.6 Å². The number of phenolic OH excluding ortho intramolecular Hbond substituents is 2. The largest absolute Gasteiger partial charge is 0.507 e. The summed E-state index contributed by atoms with van der Waals surface area (Å²) in [6, 6.07) is 8.04. The Kier molecular flexibility index (Phi) is 4.20. The van der Waals surface area contributed by atoms with Crippen LogP contribution < -0.4 is 0 Å². The molecule has 2 aromatic carbocycles. The summed E-state index contributed by atoms with van der Waals surface area (Å²) in [5, 5.41) is 19.7. The molecule has 124 valence electrons. The van der Waals surface area contributed by atoms with Gasteiger partial charge in [0.05, 0.1) is 5.02 Å². The van der Waals surface area contributed by atoms with Crippen LogP contribution in [0.4, 0.5) is 0 Å². The maximum Gasteiger partial charge on any atom is 0.342 e. The molecule has 0 radical (unpaired) electrons. The molecule has 0 fully saturated rings. The summed E-state index contributed by atoms with van der Waals surface area (Å²) in [7, 11) is 0. The van der Waals surface area contributed by atoms with Gasteiger partial charge in [-0.25, -0.2) is 4.79 Å². The maximum absolute atomic E-state index is 12.7. The summed E-state index contributed by atoms with van der Waals surface area (Å²) in [6.07, 6.45) is -0.337. The van der Waals surface area contributed by atoms with Crippen LogP contribution in [0, 0.1) is 0 Å². The molecule has 1 aliphatic rings. The van der Waals surface area contributed by atoms with E-state index >= 15 is 0 Å². The van der Waals surface area contributed by atoms with Gasteiger partial charge in [-0.2, -0.15) is 0 Å².